The van der Waals surface area contributed by atoms with E-state index >= 15 is 0 Å². The Morgan fingerprint density at radius 2 is 2.04 bits per heavy atom. The molecule has 0 spiro atoms. The molecule has 0 saturated heterocycles. The number of sulfonamides is 1. The Morgan fingerprint density at radius 1 is 1.25 bits per heavy atom. The van der Waals surface area contributed by atoms with E-state index in [1.807, 2.05) is 31.2 Å². The van der Waals surface area contributed by atoms with Crippen molar-refractivity contribution in [3.8, 4) is 11.5 Å². The molecule has 150 valence electrons. The molecule has 1 aliphatic heterocycles. The lowest BCUT2D eigenvalue weighted by molar-refractivity contribution is -0.128. The number of anilines is 1. The minimum Gasteiger partial charge on any atom is -0.494 e. The normalized spacial score (nSPS) is 16.5. The van der Waals surface area contributed by atoms with Crippen LogP contribution in [0.1, 0.15) is 18.9 Å². The van der Waals surface area contributed by atoms with Crippen LogP contribution < -0.4 is 19.1 Å². The van der Waals surface area contributed by atoms with E-state index in [0.717, 1.165) is 17.6 Å². The van der Waals surface area contributed by atoms with Crippen molar-refractivity contribution in [3.05, 3.63) is 54.1 Å². The van der Waals surface area contributed by atoms with Crippen LogP contribution in [0.3, 0.4) is 0 Å². The number of carbonyl (C=O) groups excluding carboxylic acids is 1. The molecule has 1 atom stereocenters. The summed E-state index contributed by atoms with van der Waals surface area (Å²) in [5.74, 6) is 0.841. The first-order valence-corrected chi connectivity index (χ1v) is 11.0. The van der Waals surface area contributed by atoms with E-state index in [1.165, 1.54) is 4.31 Å². The molecule has 0 radical (unpaired) electrons. The van der Waals surface area contributed by atoms with Gasteiger partial charge < -0.3 is 14.8 Å². The van der Waals surface area contributed by atoms with Crippen molar-refractivity contribution >= 4 is 21.6 Å². The van der Waals surface area contributed by atoms with Crippen LogP contribution in [0, 0.1) is 0 Å². The number of ether oxygens (including phenoxy) is 2. The van der Waals surface area contributed by atoms with Crippen molar-refractivity contribution in [1.29, 1.82) is 0 Å². The Morgan fingerprint density at radius 3 is 2.79 bits per heavy atom. The Labute approximate surface area is 165 Å². The van der Waals surface area contributed by atoms with Crippen LogP contribution in [0.4, 0.5) is 5.69 Å². The van der Waals surface area contributed by atoms with Gasteiger partial charge in [0.2, 0.25) is 10.0 Å². The van der Waals surface area contributed by atoms with Gasteiger partial charge in [-0.1, -0.05) is 24.3 Å². The van der Waals surface area contributed by atoms with Gasteiger partial charge in [-0.3, -0.25) is 9.10 Å². The molecule has 1 aliphatic rings. The highest BCUT2D eigenvalue weighted by molar-refractivity contribution is 7.92. The summed E-state index contributed by atoms with van der Waals surface area (Å²) in [6, 6.07) is 14.3. The van der Waals surface area contributed by atoms with Crippen molar-refractivity contribution < 1.29 is 22.7 Å². The van der Waals surface area contributed by atoms with E-state index in [0.29, 0.717) is 24.6 Å². The van der Waals surface area contributed by atoms with Crippen LogP contribution in [0.2, 0.25) is 0 Å². The number of carbonyl (C=O) groups is 1. The topological polar surface area (TPSA) is 84.9 Å². The largest absolute Gasteiger partial charge is 0.494 e. The number of fused-ring (bicyclic) bond motifs is 1. The number of hydrogen-bond donors (Lipinski definition) is 1. The van der Waals surface area contributed by atoms with E-state index in [4.69, 9.17) is 9.47 Å². The lowest BCUT2D eigenvalue weighted by atomic mass is 10.2. The first-order valence-electron chi connectivity index (χ1n) is 9.11. The number of nitrogens with one attached hydrogen (secondary N) is 1. The Kier molecular flexibility index (Phi) is 6.08. The highest BCUT2D eigenvalue weighted by Gasteiger charge is 2.30. The second-order valence-corrected chi connectivity index (χ2v) is 8.40. The minimum atomic E-state index is -3.47. The van der Waals surface area contributed by atoms with Gasteiger partial charge in [0.1, 0.15) is 11.5 Å². The standard InChI is InChI=1S/C20H24N2O5S/c1-3-26-16-8-6-7-15(13-16)14-21-20(23)19-11-12-22(28(2,24)25)17-9-4-5-10-18(17)27-19/h4-10,13,19H,3,11-12,14H2,1-2H3,(H,21,23). The highest BCUT2D eigenvalue weighted by Crippen LogP contribution is 2.33. The number of benzene rings is 2. The average Bonchev–Trinajstić information content (AvgIpc) is 2.86. The molecule has 3 rings (SSSR count). The molecule has 2 aromatic carbocycles. The zero-order chi connectivity index (χ0) is 20.1. The van der Waals surface area contributed by atoms with Crippen molar-refractivity contribution in [1.82, 2.24) is 5.32 Å². The maximum absolute atomic E-state index is 12.7. The van der Waals surface area contributed by atoms with E-state index in [9.17, 15) is 13.2 Å². The third-order valence-corrected chi connectivity index (χ3v) is 5.55. The lowest BCUT2D eigenvalue weighted by Crippen LogP contribution is -2.39. The SMILES string of the molecule is CCOc1cccc(CNC(=O)C2CCN(S(C)(=O)=O)c3ccccc3O2)c1. The molecule has 1 amide bonds. The molecule has 1 heterocycles. The molecule has 1 N–H and O–H groups in total. The molecule has 0 fully saturated rings. The van der Waals surface area contributed by atoms with E-state index in [2.05, 4.69) is 5.32 Å². The summed E-state index contributed by atoms with van der Waals surface area (Å²) in [6.07, 6.45) is 0.630. The Hall–Kier alpha value is -2.74. The number of amides is 1. The molecular formula is C20H24N2O5S. The molecule has 0 aliphatic carbocycles. The van der Waals surface area contributed by atoms with Crippen LogP contribution >= 0.6 is 0 Å². The quantitative estimate of drug-likeness (QED) is 0.799. The van der Waals surface area contributed by atoms with Gasteiger partial charge in [0.15, 0.2) is 6.10 Å². The van der Waals surface area contributed by atoms with Crippen LogP contribution in [0.15, 0.2) is 48.5 Å². The van der Waals surface area contributed by atoms with Gasteiger partial charge in [-0.05, 0) is 36.8 Å². The summed E-state index contributed by atoms with van der Waals surface area (Å²) >= 11 is 0. The van der Waals surface area contributed by atoms with Gasteiger partial charge in [0.05, 0.1) is 18.6 Å². The molecular weight excluding hydrogens is 380 g/mol. The zero-order valence-electron chi connectivity index (χ0n) is 15.9. The molecule has 2 aromatic rings. The Bertz CT molecular complexity index is 945. The minimum absolute atomic E-state index is 0.174. The maximum atomic E-state index is 12.7. The average molecular weight is 404 g/mol. The first-order chi connectivity index (χ1) is 13.4. The number of para-hydroxylation sites is 2. The van der Waals surface area contributed by atoms with Crippen LogP contribution in [-0.2, 0) is 21.4 Å². The number of hydrogen-bond acceptors (Lipinski definition) is 5. The molecule has 1 unspecified atom stereocenters. The predicted octanol–water partition coefficient (Wildman–Crippen LogP) is 2.32. The molecule has 7 nitrogen and oxygen atoms in total. The third kappa shape index (κ3) is 4.75. The smallest absolute Gasteiger partial charge is 0.261 e. The van der Waals surface area contributed by atoms with E-state index < -0.39 is 16.1 Å². The Balaban J connectivity index is 1.71. The molecule has 8 heteroatoms. The van der Waals surface area contributed by atoms with Crippen LogP contribution in [0.25, 0.3) is 0 Å². The van der Waals surface area contributed by atoms with Gasteiger partial charge in [0.25, 0.3) is 5.91 Å². The van der Waals surface area contributed by atoms with Crippen molar-refractivity contribution in [2.75, 3.05) is 23.7 Å². The fourth-order valence-corrected chi connectivity index (χ4v) is 4.02. The van der Waals surface area contributed by atoms with Gasteiger partial charge in [-0.2, -0.15) is 0 Å². The highest BCUT2D eigenvalue weighted by atomic mass is 32.2. The van der Waals surface area contributed by atoms with Gasteiger partial charge in [0, 0.05) is 19.5 Å². The van der Waals surface area contributed by atoms with Gasteiger partial charge in [-0.25, -0.2) is 8.42 Å². The third-order valence-electron chi connectivity index (χ3n) is 4.37. The second-order valence-electron chi connectivity index (χ2n) is 6.50. The van der Waals surface area contributed by atoms with Gasteiger partial charge >= 0.3 is 0 Å². The van der Waals surface area contributed by atoms with Crippen LogP contribution in [0.5, 0.6) is 11.5 Å². The fourth-order valence-electron chi connectivity index (χ4n) is 3.07. The maximum Gasteiger partial charge on any atom is 0.261 e. The zero-order valence-corrected chi connectivity index (χ0v) is 16.7. The van der Waals surface area contributed by atoms with Crippen molar-refractivity contribution in [2.24, 2.45) is 0 Å². The van der Waals surface area contributed by atoms with Gasteiger partial charge in [-0.15, -0.1) is 0 Å². The summed E-state index contributed by atoms with van der Waals surface area (Å²) in [6.45, 7) is 2.99. The summed E-state index contributed by atoms with van der Waals surface area (Å²) in [5.41, 5.74) is 1.36. The monoisotopic (exact) mass is 404 g/mol. The molecule has 0 bridgehead atoms. The summed E-state index contributed by atoms with van der Waals surface area (Å²) in [5, 5.41) is 2.86. The predicted molar refractivity (Wildman–Crippen MR) is 107 cm³/mol. The second kappa shape index (κ2) is 8.52. The van der Waals surface area contributed by atoms with Crippen molar-refractivity contribution in [2.45, 2.75) is 26.0 Å². The lowest BCUT2D eigenvalue weighted by Gasteiger charge is -2.20. The molecule has 0 aromatic heterocycles. The van der Waals surface area contributed by atoms with Crippen molar-refractivity contribution in [3.63, 3.8) is 0 Å². The molecule has 28 heavy (non-hydrogen) atoms. The first kappa shape index (κ1) is 20.0. The molecule has 0 saturated carbocycles. The van der Waals surface area contributed by atoms with E-state index in [-0.39, 0.29) is 18.9 Å². The fraction of sp³-hybridized carbons (Fsp3) is 0.350. The van der Waals surface area contributed by atoms with E-state index in [1.54, 1.807) is 24.3 Å². The summed E-state index contributed by atoms with van der Waals surface area (Å²) in [7, 11) is -3.47. The number of rotatable bonds is 6. The summed E-state index contributed by atoms with van der Waals surface area (Å²) in [4.78, 5) is 12.7. The summed E-state index contributed by atoms with van der Waals surface area (Å²) < 4.78 is 36.9. The van der Waals surface area contributed by atoms with Crippen LogP contribution in [-0.4, -0.2) is 39.8 Å². The number of nitrogens with zero attached hydrogens (tertiary/aromatic N) is 1.